The molecule has 2 aromatic rings. The molecule has 0 amide bonds. The zero-order chi connectivity index (χ0) is 14.5. The quantitative estimate of drug-likeness (QED) is 0.913. The minimum absolute atomic E-state index is 0.183. The number of hydrogen-bond donors (Lipinski definition) is 1. The predicted octanol–water partition coefficient (Wildman–Crippen LogP) is 3.17. The van der Waals surface area contributed by atoms with Crippen LogP contribution in [0.5, 0.6) is 5.75 Å². The molecule has 0 aliphatic carbocycles. The maximum Gasteiger partial charge on any atom is 0.307 e. The van der Waals surface area contributed by atoms with E-state index in [9.17, 15) is 13.6 Å². The summed E-state index contributed by atoms with van der Waals surface area (Å²) in [6.45, 7) is -0.296. The summed E-state index contributed by atoms with van der Waals surface area (Å²) in [5.41, 5.74) is 0.273. The number of aliphatic carboxylic acids is 1. The van der Waals surface area contributed by atoms with Crippen molar-refractivity contribution in [3.05, 3.63) is 65.2 Å². The molecule has 3 nitrogen and oxygen atoms in total. The smallest absolute Gasteiger partial charge is 0.307 e. The number of carboxylic acids is 1. The average Bonchev–Trinajstić information content (AvgIpc) is 2.39. The van der Waals surface area contributed by atoms with E-state index in [-0.39, 0.29) is 18.6 Å². The van der Waals surface area contributed by atoms with Crippen molar-refractivity contribution in [2.75, 3.05) is 0 Å². The molecule has 5 heteroatoms. The molecular weight excluding hydrogens is 266 g/mol. The monoisotopic (exact) mass is 278 g/mol. The van der Waals surface area contributed by atoms with Crippen molar-refractivity contribution in [2.24, 2.45) is 0 Å². The van der Waals surface area contributed by atoms with Gasteiger partial charge in [0, 0.05) is 5.56 Å². The Morgan fingerprint density at radius 3 is 2.35 bits per heavy atom. The number of halogens is 2. The fourth-order valence-corrected chi connectivity index (χ4v) is 1.77. The summed E-state index contributed by atoms with van der Waals surface area (Å²) in [7, 11) is 0. The fraction of sp³-hybridized carbons (Fsp3) is 0.133. The molecule has 0 saturated heterocycles. The molecule has 20 heavy (non-hydrogen) atoms. The summed E-state index contributed by atoms with van der Waals surface area (Å²) >= 11 is 0. The second-order valence-corrected chi connectivity index (χ2v) is 4.17. The van der Waals surface area contributed by atoms with Crippen molar-refractivity contribution in [2.45, 2.75) is 13.0 Å². The zero-order valence-electron chi connectivity index (χ0n) is 10.5. The van der Waals surface area contributed by atoms with Crippen LogP contribution in [-0.4, -0.2) is 11.1 Å². The normalized spacial score (nSPS) is 10.3. The molecule has 0 saturated carbocycles. The summed E-state index contributed by atoms with van der Waals surface area (Å²) in [4.78, 5) is 10.7. The first-order valence-electron chi connectivity index (χ1n) is 5.93. The van der Waals surface area contributed by atoms with E-state index < -0.39 is 17.6 Å². The highest BCUT2D eigenvalue weighted by atomic mass is 19.1. The lowest BCUT2D eigenvalue weighted by Gasteiger charge is -2.11. The molecule has 0 fully saturated rings. The molecule has 2 aromatic carbocycles. The Bertz CT molecular complexity index is 606. The van der Waals surface area contributed by atoms with Crippen LogP contribution in [0.15, 0.2) is 42.5 Å². The molecule has 0 atom stereocenters. The van der Waals surface area contributed by atoms with Crippen molar-refractivity contribution in [1.29, 1.82) is 0 Å². The SMILES string of the molecule is O=C(O)Cc1ccccc1OCc1c(F)cccc1F. The topological polar surface area (TPSA) is 46.5 Å². The first-order chi connectivity index (χ1) is 9.58. The van der Waals surface area contributed by atoms with Gasteiger partial charge in [-0.3, -0.25) is 4.79 Å². The highest BCUT2D eigenvalue weighted by molar-refractivity contribution is 5.71. The number of hydrogen-bond acceptors (Lipinski definition) is 2. The van der Waals surface area contributed by atoms with Gasteiger partial charge in [0.15, 0.2) is 0 Å². The van der Waals surface area contributed by atoms with Gasteiger partial charge in [0.05, 0.1) is 12.0 Å². The van der Waals surface area contributed by atoms with Crippen molar-refractivity contribution in [3.63, 3.8) is 0 Å². The predicted molar refractivity (Wildman–Crippen MR) is 68.5 cm³/mol. The van der Waals surface area contributed by atoms with Gasteiger partial charge in [-0.2, -0.15) is 0 Å². The third-order valence-corrected chi connectivity index (χ3v) is 2.75. The van der Waals surface area contributed by atoms with Crippen LogP contribution in [0.4, 0.5) is 8.78 Å². The Kier molecular flexibility index (Phi) is 4.30. The van der Waals surface area contributed by atoms with E-state index in [1.54, 1.807) is 24.3 Å². The molecule has 0 aliphatic heterocycles. The van der Waals surface area contributed by atoms with Crippen LogP contribution in [0.3, 0.4) is 0 Å². The third-order valence-electron chi connectivity index (χ3n) is 2.75. The molecular formula is C15H12F2O3. The maximum atomic E-state index is 13.4. The summed E-state index contributed by atoms with van der Waals surface area (Å²) in [5, 5.41) is 8.79. The molecule has 0 unspecified atom stereocenters. The van der Waals surface area contributed by atoms with Gasteiger partial charge in [0.2, 0.25) is 0 Å². The first-order valence-corrected chi connectivity index (χ1v) is 5.93. The highest BCUT2D eigenvalue weighted by Gasteiger charge is 2.11. The van der Waals surface area contributed by atoms with Gasteiger partial charge in [-0.15, -0.1) is 0 Å². The Balaban J connectivity index is 2.17. The van der Waals surface area contributed by atoms with Gasteiger partial charge in [-0.05, 0) is 18.2 Å². The van der Waals surface area contributed by atoms with E-state index >= 15 is 0 Å². The van der Waals surface area contributed by atoms with E-state index in [0.29, 0.717) is 11.3 Å². The largest absolute Gasteiger partial charge is 0.488 e. The number of benzene rings is 2. The first kappa shape index (κ1) is 14.0. The van der Waals surface area contributed by atoms with Crippen LogP contribution >= 0.6 is 0 Å². The fourth-order valence-electron chi connectivity index (χ4n) is 1.77. The zero-order valence-corrected chi connectivity index (χ0v) is 10.5. The molecule has 0 radical (unpaired) electrons. The second kappa shape index (κ2) is 6.14. The van der Waals surface area contributed by atoms with E-state index in [0.717, 1.165) is 12.1 Å². The van der Waals surface area contributed by atoms with Crippen LogP contribution in [0.25, 0.3) is 0 Å². The van der Waals surface area contributed by atoms with Crippen LogP contribution in [0, 0.1) is 11.6 Å². The number of para-hydroxylation sites is 1. The van der Waals surface area contributed by atoms with Gasteiger partial charge in [0.25, 0.3) is 0 Å². The summed E-state index contributed by atoms with van der Waals surface area (Å²) in [6, 6.07) is 10.1. The number of ether oxygens (including phenoxy) is 1. The average molecular weight is 278 g/mol. The highest BCUT2D eigenvalue weighted by Crippen LogP contribution is 2.21. The summed E-state index contributed by atoms with van der Waals surface area (Å²) in [6.07, 6.45) is -0.212. The number of rotatable bonds is 5. The van der Waals surface area contributed by atoms with Gasteiger partial charge < -0.3 is 9.84 Å². The Morgan fingerprint density at radius 1 is 1.05 bits per heavy atom. The molecule has 0 aliphatic rings. The van der Waals surface area contributed by atoms with Crippen LogP contribution in [-0.2, 0) is 17.8 Å². The Hall–Kier alpha value is -2.43. The Labute approximate surface area is 114 Å². The molecule has 1 N–H and O–H groups in total. The van der Waals surface area contributed by atoms with Gasteiger partial charge in [-0.1, -0.05) is 24.3 Å². The van der Waals surface area contributed by atoms with Crippen LogP contribution < -0.4 is 4.74 Å². The van der Waals surface area contributed by atoms with Gasteiger partial charge in [0.1, 0.15) is 24.0 Å². The minimum Gasteiger partial charge on any atom is -0.488 e. The molecule has 2 rings (SSSR count). The number of carboxylic acid groups (broad SMARTS) is 1. The summed E-state index contributed by atoms with van der Waals surface area (Å²) in [5.74, 6) is -2.09. The van der Waals surface area contributed by atoms with Crippen LogP contribution in [0.1, 0.15) is 11.1 Å². The molecule has 0 heterocycles. The van der Waals surface area contributed by atoms with E-state index in [2.05, 4.69) is 0 Å². The third kappa shape index (κ3) is 3.32. The lowest BCUT2D eigenvalue weighted by atomic mass is 10.1. The van der Waals surface area contributed by atoms with Crippen molar-refractivity contribution < 1.29 is 23.4 Å². The van der Waals surface area contributed by atoms with Crippen LogP contribution in [0.2, 0.25) is 0 Å². The van der Waals surface area contributed by atoms with E-state index in [1.807, 2.05) is 0 Å². The lowest BCUT2D eigenvalue weighted by Crippen LogP contribution is -2.06. The lowest BCUT2D eigenvalue weighted by molar-refractivity contribution is -0.136. The molecule has 104 valence electrons. The van der Waals surface area contributed by atoms with Gasteiger partial charge in [-0.25, -0.2) is 8.78 Å². The van der Waals surface area contributed by atoms with Crippen molar-refractivity contribution in [1.82, 2.24) is 0 Å². The van der Waals surface area contributed by atoms with Crippen molar-refractivity contribution in [3.8, 4) is 5.75 Å². The summed E-state index contributed by atoms with van der Waals surface area (Å²) < 4.78 is 32.2. The Morgan fingerprint density at radius 2 is 1.70 bits per heavy atom. The maximum absolute atomic E-state index is 13.4. The van der Waals surface area contributed by atoms with E-state index in [1.165, 1.54) is 6.07 Å². The van der Waals surface area contributed by atoms with E-state index in [4.69, 9.17) is 9.84 Å². The molecule has 0 aromatic heterocycles. The minimum atomic E-state index is -1.00. The number of carbonyl (C=O) groups is 1. The molecule has 0 bridgehead atoms. The van der Waals surface area contributed by atoms with Gasteiger partial charge >= 0.3 is 5.97 Å². The second-order valence-electron chi connectivity index (χ2n) is 4.17. The molecule has 0 spiro atoms. The van der Waals surface area contributed by atoms with Crippen molar-refractivity contribution >= 4 is 5.97 Å². The standard InChI is InChI=1S/C15H12F2O3/c16-12-5-3-6-13(17)11(12)9-20-14-7-2-1-4-10(14)8-15(18)19/h1-7H,8-9H2,(H,18,19).